The molecule has 0 atom stereocenters. The maximum Gasteiger partial charge on any atom is 0.264 e. The van der Waals surface area contributed by atoms with Crippen molar-refractivity contribution >= 4 is 38.2 Å². The lowest BCUT2D eigenvalue weighted by Crippen LogP contribution is -2.14. The Hall–Kier alpha value is -2.45. The summed E-state index contributed by atoms with van der Waals surface area (Å²) in [6.07, 6.45) is 1.32. The van der Waals surface area contributed by atoms with Crippen LogP contribution in [0.15, 0.2) is 41.4 Å². The number of aromatic nitrogens is 1. The van der Waals surface area contributed by atoms with Gasteiger partial charge in [0.25, 0.3) is 10.0 Å². The highest BCUT2D eigenvalue weighted by Crippen LogP contribution is 2.42. The van der Waals surface area contributed by atoms with Gasteiger partial charge in [0.15, 0.2) is 17.3 Å². The van der Waals surface area contributed by atoms with E-state index < -0.39 is 15.8 Å². The first kappa shape index (κ1) is 15.1. The van der Waals surface area contributed by atoms with Gasteiger partial charge in [-0.3, -0.25) is 4.72 Å². The molecule has 2 heterocycles. The van der Waals surface area contributed by atoms with E-state index in [9.17, 15) is 12.8 Å². The van der Waals surface area contributed by atoms with Gasteiger partial charge >= 0.3 is 0 Å². The molecule has 0 bridgehead atoms. The SMILES string of the molecule is O=S(=O)(Nc1c(F)ccc2c1OCO2)c1c[nH]c2cc(Cl)ccc12. The number of aromatic amines is 1. The van der Waals surface area contributed by atoms with E-state index in [-0.39, 0.29) is 28.9 Å². The van der Waals surface area contributed by atoms with E-state index in [1.165, 1.54) is 12.3 Å². The molecular formula is C15H10ClFN2O4S. The van der Waals surface area contributed by atoms with Gasteiger partial charge in [-0.15, -0.1) is 0 Å². The fourth-order valence-corrected chi connectivity index (χ4v) is 3.95. The first-order valence-corrected chi connectivity index (χ1v) is 8.69. The average Bonchev–Trinajstić information content (AvgIpc) is 3.16. The molecular weight excluding hydrogens is 359 g/mol. The number of benzene rings is 2. The second-order valence-electron chi connectivity index (χ2n) is 5.10. The maximum atomic E-state index is 14.1. The minimum absolute atomic E-state index is 0.0231. The van der Waals surface area contributed by atoms with Gasteiger partial charge < -0.3 is 14.5 Å². The number of ether oxygens (including phenoxy) is 2. The van der Waals surface area contributed by atoms with Crippen molar-refractivity contribution in [2.24, 2.45) is 0 Å². The van der Waals surface area contributed by atoms with Gasteiger partial charge in [0.2, 0.25) is 6.79 Å². The second kappa shape index (κ2) is 5.29. The maximum absolute atomic E-state index is 14.1. The first-order valence-electron chi connectivity index (χ1n) is 6.83. The summed E-state index contributed by atoms with van der Waals surface area (Å²) < 4.78 is 52.0. The van der Waals surface area contributed by atoms with Crippen LogP contribution in [0.2, 0.25) is 5.02 Å². The molecule has 24 heavy (non-hydrogen) atoms. The molecule has 0 spiro atoms. The van der Waals surface area contributed by atoms with E-state index >= 15 is 0 Å². The highest BCUT2D eigenvalue weighted by Gasteiger charge is 2.27. The molecule has 2 aromatic carbocycles. The fraction of sp³-hybridized carbons (Fsp3) is 0.0667. The smallest absolute Gasteiger partial charge is 0.264 e. The monoisotopic (exact) mass is 368 g/mol. The molecule has 2 N–H and O–H groups in total. The Morgan fingerprint density at radius 2 is 2.04 bits per heavy atom. The van der Waals surface area contributed by atoms with Crippen molar-refractivity contribution in [3.63, 3.8) is 0 Å². The van der Waals surface area contributed by atoms with Gasteiger partial charge in [-0.2, -0.15) is 0 Å². The Kier molecular flexibility index (Phi) is 3.33. The van der Waals surface area contributed by atoms with Crippen molar-refractivity contribution in [1.82, 2.24) is 4.98 Å². The summed E-state index contributed by atoms with van der Waals surface area (Å²) in [6.45, 7) is -0.0981. The van der Waals surface area contributed by atoms with Crippen molar-refractivity contribution in [1.29, 1.82) is 0 Å². The number of nitrogens with one attached hydrogen (secondary N) is 2. The number of halogens is 2. The highest BCUT2D eigenvalue weighted by molar-refractivity contribution is 7.93. The number of sulfonamides is 1. The third-order valence-corrected chi connectivity index (χ3v) is 5.24. The van der Waals surface area contributed by atoms with Crippen LogP contribution in [0.4, 0.5) is 10.1 Å². The van der Waals surface area contributed by atoms with Crippen LogP contribution in [0.3, 0.4) is 0 Å². The standard InChI is InChI=1S/C15H10ClFN2O4S/c16-8-1-2-9-11(5-8)18-6-13(9)24(20,21)19-14-10(17)3-4-12-15(14)23-7-22-12/h1-6,18-19H,7H2. The van der Waals surface area contributed by atoms with Crippen molar-refractivity contribution in [2.45, 2.75) is 4.90 Å². The van der Waals surface area contributed by atoms with Gasteiger partial charge in [0, 0.05) is 22.1 Å². The Balaban J connectivity index is 1.80. The van der Waals surface area contributed by atoms with Crippen molar-refractivity contribution < 1.29 is 22.3 Å². The molecule has 0 fully saturated rings. The first-order chi connectivity index (χ1) is 11.5. The van der Waals surface area contributed by atoms with E-state index in [0.717, 1.165) is 6.07 Å². The number of hydrogen-bond acceptors (Lipinski definition) is 4. The number of H-pyrrole nitrogens is 1. The molecule has 1 aromatic heterocycles. The summed E-state index contributed by atoms with van der Waals surface area (Å²) in [6, 6.07) is 7.25. The summed E-state index contributed by atoms with van der Waals surface area (Å²) in [7, 11) is -4.05. The van der Waals surface area contributed by atoms with Gasteiger partial charge in [0.05, 0.1) is 0 Å². The van der Waals surface area contributed by atoms with Crippen molar-refractivity contribution in [3.05, 3.63) is 47.4 Å². The quantitative estimate of drug-likeness (QED) is 0.741. The largest absolute Gasteiger partial charge is 0.454 e. The van der Waals surface area contributed by atoms with Crippen LogP contribution in [-0.4, -0.2) is 20.2 Å². The molecule has 0 unspecified atom stereocenters. The van der Waals surface area contributed by atoms with Gasteiger partial charge in [-0.05, 0) is 30.3 Å². The van der Waals surface area contributed by atoms with Crippen molar-refractivity contribution in [3.8, 4) is 11.5 Å². The van der Waals surface area contributed by atoms with Gasteiger partial charge in [-0.25, -0.2) is 12.8 Å². The summed E-state index contributed by atoms with van der Waals surface area (Å²) in [5.74, 6) is -0.452. The van der Waals surface area contributed by atoms with Crippen LogP contribution in [0, 0.1) is 5.82 Å². The van der Waals surface area contributed by atoms with E-state index in [1.54, 1.807) is 18.2 Å². The number of rotatable bonds is 3. The second-order valence-corrected chi connectivity index (χ2v) is 7.19. The molecule has 0 saturated heterocycles. The van der Waals surface area contributed by atoms with Crippen LogP contribution in [0.5, 0.6) is 11.5 Å². The molecule has 3 aromatic rings. The molecule has 1 aliphatic heterocycles. The molecule has 0 aliphatic carbocycles. The normalized spacial score (nSPS) is 13.4. The molecule has 0 radical (unpaired) electrons. The minimum atomic E-state index is -4.05. The van der Waals surface area contributed by atoms with Crippen LogP contribution < -0.4 is 14.2 Å². The van der Waals surface area contributed by atoms with E-state index in [0.29, 0.717) is 15.9 Å². The number of fused-ring (bicyclic) bond motifs is 2. The molecule has 9 heteroatoms. The number of anilines is 1. The lowest BCUT2D eigenvalue weighted by Gasteiger charge is -2.10. The Morgan fingerprint density at radius 1 is 1.21 bits per heavy atom. The molecule has 4 rings (SSSR count). The zero-order chi connectivity index (χ0) is 16.9. The van der Waals surface area contributed by atoms with Gasteiger partial charge in [0.1, 0.15) is 10.6 Å². The van der Waals surface area contributed by atoms with E-state index in [4.69, 9.17) is 21.1 Å². The van der Waals surface area contributed by atoms with Crippen LogP contribution in [0.1, 0.15) is 0 Å². The van der Waals surface area contributed by atoms with Crippen molar-refractivity contribution in [2.75, 3.05) is 11.5 Å². The van der Waals surface area contributed by atoms with E-state index in [1.807, 2.05) is 0 Å². The topological polar surface area (TPSA) is 80.4 Å². The average molecular weight is 369 g/mol. The lowest BCUT2D eigenvalue weighted by atomic mass is 10.2. The summed E-state index contributed by atoms with van der Waals surface area (Å²) >= 11 is 5.89. The number of hydrogen-bond donors (Lipinski definition) is 2. The predicted octanol–water partition coefficient (Wildman–Crippen LogP) is 3.49. The Labute approximate surface area is 141 Å². The molecule has 6 nitrogen and oxygen atoms in total. The zero-order valence-corrected chi connectivity index (χ0v) is 13.5. The predicted molar refractivity (Wildman–Crippen MR) is 86.6 cm³/mol. The molecule has 1 aliphatic rings. The van der Waals surface area contributed by atoms with Crippen LogP contribution in [-0.2, 0) is 10.0 Å². The fourth-order valence-electron chi connectivity index (χ4n) is 2.53. The van der Waals surface area contributed by atoms with Gasteiger partial charge in [-0.1, -0.05) is 11.6 Å². The summed E-state index contributed by atoms with van der Waals surface area (Å²) in [5, 5.41) is 0.913. The summed E-state index contributed by atoms with van der Waals surface area (Å²) in [5.41, 5.74) is 0.273. The lowest BCUT2D eigenvalue weighted by molar-refractivity contribution is 0.174. The summed E-state index contributed by atoms with van der Waals surface area (Å²) in [4.78, 5) is 2.81. The minimum Gasteiger partial charge on any atom is -0.454 e. The molecule has 0 saturated carbocycles. The highest BCUT2D eigenvalue weighted by atomic mass is 35.5. The third kappa shape index (κ3) is 2.35. The zero-order valence-electron chi connectivity index (χ0n) is 12.0. The third-order valence-electron chi connectivity index (χ3n) is 3.62. The molecule has 124 valence electrons. The van der Waals surface area contributed by atoms with E-state index in [2.05, 4.69) is 9.71 Å². The van der Waals surface area contributed by atoms with Crippen LogP contribution in [0.25, 0.3) is 10.9 Å². The Morgan fingerprint density at radius 3 is 2.88 bits per heavy atom. The Bertz CT molecular complexity index is 1060. The van der Waals surface area contributed by atoms with Crippen LogP contribution >= 0.6 is 11.6 Å². The molecule has 0 amide bonds.